The number of hydrogen-bond acceptors (Lipinski definition) is 3. The van der Waals surface area contributed by atoms with Crippen LogP contribution in [0.4, 0.5) is 4.79 Å². The number of urea groups is 1. The molecule has 0 aliphatic carbocycles. The fraction of sp³-hybridized carbons (Fsp3) is 0.417. The van der Waals surface area contributed by atoms with Gasteiger partial charge in [0.2, 0.25) is 0 Å². The maximum absolute atomic E-state index is 11.4. The van der Waals surface area contributed by atoms with E-state index in [1.807, 2.05) is 12.1 Å². The Bertz CT molecular complexity index is 395. The lowest BCUT2D eigenvalue weighted by molar-refractivity contribution is -0.139. The zero-order chi connectivity index (χ0) is 13.4. The molecule has 98 valence electrons. The summed E-state index contributed by atoms with van der Waals surface area (Å²) in [5.74, 6) is -1.03. The van der Waals surface area contributed by atoms with Gasteiger partial charge in [0.15, 0.2) is 0 Å². The zero-order valence-electron chi connectivity index (χ0n) is 10.2. The van der Waals surface area contributed by atoms with Gasteiger partial charge in [0.25, 0.3) is 0 Å². The van der Waals surface area contributed by atoms with Gasteiger partial charge in [-0.1, -0.05) is 6.92 Å². The summed E-state index contributed by atoms with van der Waals surface area (Å²) in [6.45, 7) is 2.15. The molecular weight excluding hydrogens is 234 g/mol. The van der Waals surface area contributed by atoms with Gasteiger partial charge in [-0.25, -0.2) is 9.59 Å². The normalized spacial score (nSPS) is 11.6. The number of rotatable bonds is 6. The first kappa shape index (κ1) is 14.0. The van der Waals surface area contributed by atoms with Crippen molar-refractivity contribution in [3.05, 3.63) is 30.1 Å². The van der Waals surface area contributed by atoms with E-state index in [0.717, 1.165) is 5.56 Å². The number of nitrogens with zero attached hydrogens (tertiary/aromatic N) is 1. The third-order valence-electron chi connectivity index (χ3n) is 2.46. The van der Waals surface area contributed by atoms with E-state index in [9.17, 15) is 9.59 Å². The molecule has 0 aromatic carbocycles. The molecule has 18 heavy (non-hydrogen) atoms. The Hall–Kier alpha value is -2.11. The molecule has 0 unspecified atom stereocenters. The van der Waals surface area contributed by atoms with Gasteiger partial charge in [-0.15, -0.1) is 0 Å². The maximum Gasteiger partial charge on any atom is 0.326 e. The number of carbonyl (C=O) groups is 2. The van der Waals surface area contributed by atoms with Crippen LogP contribution in [0.1, 0.15) is 18.9 Å². The molecule has 0 radical (unpaired) electrons. The van der Waals surface area contributed by atoms with Gasteiger partial charge >= 0.3 is 12.0 Å². The van der Waals surface area contributed by atoms with E-state index in [1.54, 1.807) is 19.3 Å². The summed E-state index contributed by atoms with van der Waals surface area (Å²) in [7, 11) is 0. The highest BCUT2D eigenvalue weighted by Gasteiger charge is 2.16. The van der Waals surface area contributed by atoms with Crippen molar-refractivity contribution in [1.82, 2.24) is 15.6 Å². The molecule has 6 nitrogen and oxygen atoms in total. The molecule has 1 aromatic heterocycles. The lowest BCUT2D eigenvalue weighted by Gasteiger charge is -2.13. The van der Waals surface area contributed by atoms with Crippen molar-refractivity contribution in [2.24, 2.45) is 0 Å². The highest BCUT2D eigenvalue weighted by molar-refractivity contribution is 5.82. The molecule has 1 atom stereocenters. The van der Waals surface area contributed by atoms with Crippen LogP contribution in [0, 0.1) is 0 Å². The predicted octanol–water partition coefficient (Wildman–Crippen LogP) is 0.786. The molecule has 1 heterocycles. The SMILES string of the molecule is CC[C@@H](NC(=O)NCCc1ccncc1)C(=O)O. The zero-order valence-corrected chi connectivity index (χ0v) is 10.2. The molecule has 1 aromatic rings. The Kier molecular flexibility index (Phi) is 5.63. The van der Waals surface area contributed by atoms with Crippen LogP contribution in [-0.2, 0) is 11.2 Å². The summed E-state index contributed by atoms with van der Waals surface area (Å²) in [5, 5.41) is 13.8. The number of aromatic nitrogens is 1. The second-order valence-electron chi connectivity index (χ2n) is 3.80. The number of nitrogens with one attached hydrogen (secondary N) is 2. The average molecular weight is 251 g/mol. The van der Waals surface area contributed by atoms with Crippen LogP contribution in [0.15, 0.2) is 24.5 Å². The summed E-state index contributed by atoms with van der Waals surface area (Å²) >= 11 is 0. The average Bonchev–Trinajstić information content (AvgIpc) is 2.37. The third-order valence-corrected chi connectivity index (χ3v) is 2.46. The largest absolute Gasteiger partial charge is 0.480 e. The molecule has 0 aliphatic heterocycles. The fourth-order valence-electron chi connectivity index (χ4n) is 1.42. The molecule has 0 aliphatic rings. The van der Waals surface area contributed by atoms with E-state index in [4.69, 9.17) is 5.11 Å². The quantitative estimate of drug-likeness (QED) is 0.697. The van der Waals surface area contributed by atoms with Gasteiger partial charge in [0, 0.05) is 18.9 Å². The van der Waals surface area contributed by atoms with Gasteiger partial charge < -0.3 is 15.7 Å². The number of pyridine rings is 1. The van der Waals surface area contributed by atoms with Crippen LogP contribution in [0.25, 0.3) is 0 Å². The number of aliphatic carboxylic acids is 1. The Morgan fingerprint density at radius 1 is 1.39 bits per heavy atom. The van der Waals surface area contributed by atoms with Crippen molar-refractivity contribution in [3.63, 3.8) is 0 Å². The monoisotopic (exact) mass is 251 g/mol. The van der Waals surface area contributed by atoms with Gasteiger partial charge in [0.05, 0.1) is 0 Å². The lowest BCUT2D eigenvalue weighted by atomic mass is 10.2. The minimum Gasteiger partial charge on any atom is -0.480 e. The molecule has 0 saturated carbocycles. The standard InChI is InChI=1S/C12H17N3O3/c1-2-10(11(16)17)15-12(18)14-8-5-9-3-6-13-7-4-9/h3-4,6-7,10H,2,5,8H2,1H3,(H,16,17)(H2,14,15,18)/t10-/m1/s1. The molecule has 3 N–H and O–H groups in total. The van der Waals surface area contributed by atoms with Crippen molar-refractivity contribution in [2.75, 3.05) is 6.54 Å². The summed E-state index contributed by atoms with van der Waals surface area (Å²) in [6.07, 6.45) is 4.41. The molecule has 0 bridgehead atoms. The van der Waals surface area contributed by atoms with Crippen molar-refractivity contribution in [3.8, 4) is 0 Å². The Balaban J connectivity index is 2.27. The molecule has 0 spiro atoms. The van der Waals surface area contributed by atoms with Gasteiger partial charge in [0.1, 0.15) is 6.04 Å². The number of amides is 2. The predicted molar refractivity (Wildman–Crippen MR) is 66.2 cm³/mol. The molecular formula is C12H17N3O3. The molecule has 0 saturated heterocycles. The number of carboxylic acid groups (broad SMARTS) is 1. The van der Waals surface area contributed by atoms with Gasteiger partial charge in [-0.2, -0.15) is 0 Å². The summed E-state index contributed by atoms with van der Waals surface area (Å²) < 4.78 is 0. The Labute approximate surface area is 105 Å². The summed E-state index contributed by atoms with van der Waals surface area (Å²) in [5.41, 5.74) is 1.07. The third kappa shape index (κ3) is 4.82. The smallest absolute Gasteiger partial charge is 0.326 e. The molecule has 0 fully saturated rings. The molecule has 1 rings (SSSR count). The summed E-state index contributed by atoms with van der Waals surface area (Å²) in [6, 6.07) is 2.43. The van der Waals surface area contributed by atoms with Crippen LogP contribution in [-0.4, -0.2) is 34.7 Å². The molecule has 6 heteroatoms. The van der Waals surface area contributed by atoms with Crippen molar-refractivity contribution in [1.29, 1.82) is 0 Å². The lowest BCUT2D eigenvalue weighted by Crippen LogP contribution is -2.46. The van der Waals surface area contributed by atoms with Crippen LogP contribution in [0.5, 0.6) is 0 Å². The van der Waals surface area contributed by atoms with Crippen LogP contribution < -0.4 is 10.6 Å². The van der Waals surface area contributed by atoms with Gasteiger partial charge in [-0.05, 0) is 30.5 Å². The first-order chi connectivity index (χ1) is 8.63. The van der Waals surface area contributed by atoms with E-state index >= 15 is 0 Å². The van der Waals surface area contributed by atoms with E-state index in [0.29, 0.717) is 19.4 Å². The highest BCUT2D eigenvalue weighted by atomic mass is 16.4. The van der Waals surface area contributed by atoms with Crippen LogP contribution in [0.2, 0.25) is 0 Å². The second kappa shape index (κ2) is 7.26. The Morgan fingerprint density at radius 3 is 2.61 bits per heavy atom. The second-order valence-corrected chi connectivity index (χ2v) is 3.80. The number of hydrogen-bond donors (Lipinski definition) is 3. The van der Waals surface area contributed by atoms with Gasteiger partial charge in [-0.3, -0.25) is 4.98 Å². The van der Waals surface area contributed by atoms with Crippen LogP contribution >= 0.6 is 0 Å². The van der Waals surface area contributed by atoms with E-state index in [2.05, 4.69) is 15.6 Å². The van der Waals surface area contributed by atoms with Crippen molar-refractivity contribution >= 4 is 12.0 Å². The van der Waals surface area contributed by atoms with Crippen LogP contribution in [0.3, 0.4) is 0 Å². The van der Waals surface area contributed by atoms with E-state index < -0.39 is 18.0 Å². The molecule has 2 amide bonds. The first-order valence-electron chi connectivity index (χ1n) is 5.79. The first-order valence-corrected chi connectivity index (χ1v) is 5.79. The topological polar surface area (TPSA) is 91.3 Å². The number of carboxylic acids is 1. The van der Waals surface area contributed by atoms with E-state index in [-0.39, 0.29) is 0 Å². The maximum atomic E-state index is 11.4. The Morgan fingerprint density at radius 2 is 2.06 bits per heavy atom. The van der Waals surface area contributed by atoms with Crippen molar-refractivity contribution in [2.45, 2.75) is 25.8 Å². The minimum atomic E-state index is -1.03. The summed E-state index contributed by atoms with van der Waals surface area (Å²) in [4.78, 5) is 26.0. The van der Waals surface area contributed by atoms with Crippen molar-refractivity contribution < 1.29 is 14.7 Å². The minimum absolute atomic E-state index is 0.354. The van der Waals surface area contributed by atoms with E-state index in [1.165, 1.54) is 0 Å². The highest BCUT2D eigenvalue weighted by Crippen LogP contribution is 1.96. The number of carbonyl (C=O) groups excluding carboxylic acids is 1. The fourth-order valence-corrected chi connectivity index (χ4v) is 1.42.